The third-order valence-electron chi connectivity index (χ3n) is 4.46. The molecule has 1 aromatic carbocycles. The van der Waals surface area contributed by atoms with Gasteiger partial charge < -0.3 is 0 Å². The summed E-state index contributed by atoms with van der Waals surface area (Å²) >= 11 is 6.51. The summed E-state index contributed by atoms with van der Waals surface area (Å²) < 4.78 is 2.66. The first-order valence-corrected chi connectivity index (χ1v) is 11.5. The van der Waals surface area contributed by atoms with Crippen LogP contribution in [0.1, 0.15) is 31.3 Å². The molecule has 1 atom stereocenters. The number of fused-ring (bicyclic) bond motifs is 3. The van der Waals surface area contributed by atoms with Crippen LogP contribution in [-0.4, -0.2) is 21.7 Å². The van der Waals surface area contributed by atoms with E-state index in [0.29, 0.717) is 22.8 Å². The Morgan fingerprint density at radius 2 is 2.11 bits per heavy atom. The first-order chi connectivity index (χ1) is 13.5. The summed E-state index contributed by atoms with van der Waals surface area (Å²) in [6, 6.07) is 11.4. The Hall–Kier alpha value is -1.97. The highest BCUT2D eigenvalue weighted by Crippen LogP contribution is 2.39. The standard InChI is InChI=1S/C19H17BrN4O2S2/c1-3-15(25)23-12-8-6-5-7-11(12)16-17(26)21-19(27-4-2)22-24(16)18(23)13-9-10-14(20)28-13/h5-10,18H,3-4H2,1-2H3/p+1. The number of thiophene rings is 1. The van der Waals surface area contributed by atoms with Crippen molar-refractivity contribution in [2.45, 2.75) is 31.6 Å². The molecule has 0 saturated heterocycles. The molecular formula is C19H18BrN4O2S2+. The Kier molecular flexibility index (Phi) is 5.39. The molecule has 9 heteroatoms. The zero-order valence-electron chi connectivity index (χ0n) is 15.3. The number of hydrogen-bond donors (Lipinski definition) is 1. The van der Waals surface area contributed by atoms with Crippen LogP contribution in [0.4, 0.5) is 5.69 Å². The highest BCUT2D eigenvalue weighted by atomic mass is 79.9. The summed E-state index contributed by atoms with van der Waals surface area (Å²) in [6.45, 7) is 3.85. The van der Waals surface area contributed by atoms with Crippen LogP contribution >= 0.6 is 39.0 Å². The third-order valence-corrected chi connectivity index (χ3v) is 6.87. The summed E-state index contributed by atoms with van der Waals surface area (Å²) in [7, 11) is 0. The van der Waals surface area contributed by atoms with Gasteiger partial charge in [-0.05, 0) is 50.6 Å². The van der Waals surface area contributed by atoms with Crippen LogP contribution in [0.15, 0.2) is 50.1 Å². The van der Waals surface area contributed by atoms with Gasteiger partial charge in [0, 0.05) is 11.5 Å². The van der Waals surface area contributed by atoms with E-state index in [1.54, 1.807) is 9.58 Å². The lowest BCUT2D eigenvalue weighted by Crippen LogP contribution is -2.60. The lowest BCUT2D eigenvalue weighted by molar-refractivity contribution is -0.762. The zero-order valence-corrected chi connectivity index (χ0v) is 18.5. The zero-order chi connectivity index (χ0) is 19.8. The molecule has 1 aliphatic rings. The number of aromatic amines is 1. The quantitative estimate of drug-likeness (QED) is 0.455. The minimum Gasteiger partial charge on any atom is -0.291 e. The number of para-hydroxylation sites is 1. The van der Waals surface area contributed by atoms with Gasteiger partial charge in [-0.1, -0.05) is 37.7 Å². The van der Waals surface area contributed by atoms with Crippen molar-refractivity contribution in [1.29, 1.82) is 0 Å². The smallest absolute Gasteiger partial charge is 0.291 e. The van der Waals surface area contributed by atoms with E-state index >= 15 is 0 Å². The molecule has 0 radical (unpaired) electrons. The van der Waals surface area contributed by atoms with Gasteiger partial charge in [0.1, 0.15) is 0 Å². The Bertz CT molecular complexity index is 1110. The minimum atomic E-state index is -0.507. The van der Waals surface area contributed by atoms with Gasteiger partial charge in [-0.2, -0.15) is 0 Å². The Balaban J connectivity index is 2.06. The van der Waals surface area contributed by atoms with E-state index in [0.717, 1.165) is 20.1 Å². The largest absolute Gasteiger partial charge is 0.325 e. The van der Waals surface area contributed by atoms with Crippen LogP contribution in [0.25, 0.3) is 11.3 Å². The molecule has 6 nitrogen and oxygen atoms in total. The number of carbonyl (C=O) groups excluding carboxylic acids is 1. The van der Waals surface area contributed by atoms with Gasteiger partial charge in [0.2, 0.25) is 11.1 Å². The SMILES string of the molecule is CCSc1n[n+]2c(c(=O)[nH]1)-c1ccccc1N(C(=O)CC)C2c1ccc(Br)s1. The summed E-state index contributed by atoms with van der Waals surface area (Å²) in [4.78, 5) is 31.6. The number of anilines is 1. The summed E-state index contributed by atoms with van der Waals surface area (Å²) in [5, 5.41) is 5.26. The van der Waals surface area contributed by atoms with Crippen LogP contribution in [0, 0.1) is 0 Å². The molecule has 0 spiro atoms. The molecule has 1 amide bonds. The van der Waals surface area contributed by atoms with Gasteiger partial charge in [-0.15, -0.1) is 11.3 Å². The third kappa shape index (κ3) is 3.21. The first kappa shape index (κ1) is 19.4. The number of aromatic nitrogens is 3. The predicted molar refractivity (Wildman–Crippen MR) is 115 cm³/mol. The molecule has 28 heavy (non-hydrogen) atoms. The fraction of sp³-hybridized carbons (Fsp3) is 0.263. The van der Waals surface area contributed by atoms with Crippen LogP contribution in [0.5, 0.6) is 0 Å². The number of H-pyrrole nitrogens is 1. The number of benzene rings is 1. The van der Waals surface area contributed by atoms with E-state index in [9.17, 15) is 9.59 Å². The molecule has 2 aromatic heterocycles. The Morgan fingerprint density at radius 3 is 2.79 bits per heavy atom. The summed E-state index contributed by atoms with van der Waals surface area (Å²) in [5.74, 6) is 0.762. The van der Waals surface area contributed by atoms with Crippen LogP contribution in [-0.2, 0) is 4.79 Å². The number of halogens is 1. The topological polar surface area (TPSA) is 69.9 Å². The molecule has 4 rings (SSSR count). The van der Waals surface area contributed by atoms with E-state index in [1.807, 2.05) is 50.2 Å². The number of hydrogen-bond acceptors (Lipinski definition) is 5. The molecule has 144 valence electrons. The molecule has 0 fully saturated rings. The van der Waals surface area contributed by atoms with Crippen molar-refractivity contribution in [1.82, 2.24) is 10.1 Å². The van der Waals surface area contributed by atoms with E-state index in [1.165, 1.54) is 23.1 Å². The predicted octanol–water partition coefficient (Wildman–Crippen LogP) is 3.96. The monoisotopic (exact) mass is 477 g/mol. The van der Waals surface area contributed by atoms with Crippen molar-refractivity contribution in [3.8, 4) is 11.3 Å². The summed E-state index contributed by atoms with van der Waals surface area (Å²) in [6.07, 6.45) is -0.153. The molecular weight excluding hydrogens is 460 g/mol. The number of thioether (sulfide) groups is 1. The van der Waals surface area contributed by atoms with Crippen molar-refractivity contribution in [3.63, 3.8) is 0 Å². The normalized spacial score (nSPS) is 15.2. The maximum absolute atomic E-state index is 13.0. The summed E-state index contributed by atoms with van der Waals surface area (Å²) in [5.41, 5.74) is 1.69. The van der Waals surface area contributed by atoms with Crippen molar-refractivity contribution < 1.29 is 9.48 Å². The molecule has 0 saturated carbocycles. The second kappa shape index (κ2) is 7.81. The van der Waals surface area contributed by atoms with Crippen molar-refractivity contribution in [3.05, 3.63) is 55.4 Å². The second-order valence-electron chi connectivity index (χ2n) is 6.14. The maximum atomic E-state index is 13.0. The molecule has 3 aromatic rings. The van der Waals surface area contributed by atoms with Crippen LogP contribution < -0.4 is 15.1 Å². The van der Waals surface area contributed by atoms with Crippen molar-refractivity contribution in [2.75, 3.05) is 10.7 Å². The van der Waals surface area contributed by atoms with E-state index in [4.69, 9.17) is 5.10 Å². The first-order valence-electron chi connectivity index (χ1n) is 8.90. The van der Waals surface area contributed by atoms with Crippen molar-refractivity contribution in [2.24, 2.45) is 0 Å². The lowest BCUT2D eigenvalue weighted by atomic mass is 10.0. The van der Waals surface area contributed by atoms with E-state index in [-0.39, 0.29) is 11.5 Å². The number of amides is 1. The average molecular weight is 478 g/mol. The highest BCUT2D eigenvalue weighted by molar-refractivity contribution is 9.11. The van der Waals surface area contributed by atoms with Crippen LogP contribution in [0.2, 0.25) is 0 Å². The van der Waals surface area contributed by atoms with Gasteiger partial charge >= 0.3 is 17.4 Å². The number of nitrogens with one attached hydrogen (secondary N) is 1. The highest BCUT2D eigenvalue weighted by Gasteiger charge is 2.45. The molecule has 0 bridgehead atoms. The molecule has 1 unspecified atom stereocenters. The molecule has 3 heterocycles. The fourth-order valence-electron chi connectivity index (χ4n) is 3.34. The number of nitrogens with zero attached hydrogens (tertiary/aromatic N) is 3. The average Bonchev–Trinajstić information content (AvgIpc) is 3.12. The second-order valence-corrected chi connectivity index (χ2v) is 9.88. The van der Waals surface area contributed by atoms with E-state index < -0.39 is 6.17 Å². The molecule has 1 N–H and O–H groups in total. The Labute approximate surface area is 178 Å². The van der Waals surface area contributed by atoms with Gasteiger partial charge in [0.15, 0.2) is 0 Å². The lowest BCUT2D eigenvalue weighted by Gasteiger charge is -2.31. The fourth-order valence-corrected chi connectivity index (χ4v) is 5.42. The number of carbonyl (C=O) groups is 1. The Morgan fingerprint density at radius 1 is 1.32 bits per heavy atom. The van der Waals surface area contributed by atoms with Crippen molar-refractivity contribution >= 4 is 50.6 Å². The van der Waals surface area contributed by atoms with Crippen LogP contribution in [0.3, 0.4) is 0 Å². The number of rotatable bonds is 4. The molecule has 1 aliphatic heterocycles. The minimum absolute atomic E-state index is 0.0214. The van der Waals surface area contributed by atoms with Gasteiger partial charge in [-0.25, -0.2) is 4.90 Å². The van der Waals surface area contributed by atoms with Gasteiger partial charge in [0.05, 0.1) is 19.9 Å². The maximum Gasteiger partial charge on any atom is 0.325 e. The molecule has 0 aliphatic carbocycles. The van der Waals surface area contributed by atoms with Gasteiger partial charge in [-0.3, -0.25) is 14.6 Å². The van der Waals surface area contributed by atoms with E-state index in [2.05, 4.69) is 20.9 Å². The van der Waals surface area contributed by atoms with Gasteiger partial charge in [0.25, 0.3) is 0 Å².